The van der Waals surface area contributed by atoms with E-state index < -0.39 is 17.7 Å². The van der Waals surface area contributed by atoms with Crippen molar-refractivity contribution in [2.75, 3.05) is 13.2 Å². The molecular weight excluding hydrogens is 558 g/mol. The number of nitrogens with zero attached hydrogens (tertiary/aromatic N) is 3. The number of aromatic nitrogens is 3. The number of carboxylic acid groups (broad SMARTS) is 1. The molecule has 0 radical (unpaired) electrons. The average Bonchev–Trinajstić information content (AvgIpc) is 3.55. The number of rotatable bonds is 6. The van der Waals surface area contributed by atoms with E-state index in [9.17, 15) is 9.90 Å². The molecule has 0 spiro atoms. The third kappa shape index (κ3) is 5.49. The highest BCUT2D eigenvalue weighted by molar-refractivity contribution is 7.22. The first-order chi connectivity index (χ1) is 19.6. The highest BCUT2D eigenvalue weighted by Crippen LogP contribution is 2.44. The van der Waals surface area contributed by atoms with E-state index in [0.29, 0.717) is 16.6 Å². The summed E-state index contributed by atoms with van der Waals surface area (Å²) >= 11 is 7.78. The molecule has 1 N–H and O–H groups in total. The smallest absolute Gasteiger partial charge is 0.337 e. The van der Waals surface area contributed by atoms with Crippen LogP contribution in [-0.4, -0.2) is 44.7 Å². The number of carbonyl (C=O) groups is 1. The summed E-state index contributed by atoms with van der Waals surface area (Å²) in [5, 5.41) is 17.5. The summed E-state index contributed by atoms with van der Waals surface area (Å²) < 4.78 is 14.7. The Balaban J connectivity index is 1.51. The minimum absolute atomic E-state index is 0.343. The summed E-state index contributed by atoms with van der Waals surface area (Å²) in [5.74, 6) is -1.03. The molecule has 7 nitrogen and oxygen atoms in total. The summed E-state index contributed by atoms with van der Waals surface area (Å²) in [6, 6.07) is 16.1. The molecule has 212 valence electrons. The molecular formula is C32H32ClN3O4S. The van der Waals surface area contributed by atoms with Crippen LogP contribution in [0, 0.1) is 6.92 Å². The first kappa shape index (κ1) is 27.8. The van der Waals surface area contributed by atoms with Crippen molar-refractivity contribution >= 4 is 50.0 Å². The fourth-order valence-electron chi connectivity index (χ4n) is 5.57. The minimum atomic E-state index is -1.15. The normalized spacial score (nSPS) is 15.5. The van der Waals surface area contributed by atoms with Crippen molar-refractivity contribution in [2.24, 2.45) is 0 Å². The number of aliphatic carboxylic acids is 1. The number of halogens is 1. The van der Waals surface area contributed by atoms with Crippen LogP contribution in [0.15, 0.2) is 54.7 Å². The van der Waals surface area contributed by atoms with Gasteiger partial charge >= 0.3 is 5.97 Å². The van der Waals surface area contributed by atoms with Crippen LogP contribution in [0.5, 0.6) is 0 Å². The summed E-state index contributed by atoms with van der Waals surface area (Å²) in [6.07, 6.45) is 2.69. The first-order valence-corrected chi connectivity index (χ1v) is 14.9. The van der Waals surface area contributed by atoms with E-state index in [1.54, 1.807) is 11.3 Å². The molecule has 1 fully saturated rings. The molecule has 1 unspecified atom stereocenters. The van der Waals surface area contributed by atoms with E-state index in [0.717, 1.165) is 74.4 Å². The van der Waals surface area contributed by atoms with Gasteiger partial charge in [0.25, 0.3) is 0 Å². The standard InChI is InChI=1S/C32H32ClN3O4S/c1-18-15-24-29(27(19-5-8-22(33)9-6-19)26(18)28(31(37)38)40-32(2,3)4)41-30(35-24)20-7-10-25-21(16-20)17-34-36(25)23-11-13-39-14-12-23/h5-10,15-17,23,28H,11-14H2,1-4H3,(H,37,38). The van der Waals surface area contributed by atoms with E-state index in [2.05, 4.69) is 22.9 Å². The number of ether oxygens (including phenoxy) is 2. The van der Waals surface area contributed by atoms with Gasteiger partial charge in [-0.3, -0.25) is 4.68 Å². The Morgan fingerprint density at radius 3 is 2.51 bits per heavy atom. The fraction of sp³-hybridized carbons (Fsp3) is 0.344. The second-order valence-electron chi connectivity index (χ2n) is 11.5. The summed E-state index contributed by atoms with van der Waals surface area (Å²) in [4.78, 5) is 17.6. The largest absolute Gasteiger partial charge is 0.479 e. The van der Waals surface area contributed by atoms with Crippen LogP contribution in [0.2, 0.25) is 5.02 Å². The zero-order valence-corrected chi connectivity index (χ0v) is 25.1. The average molecular weight is 590 g/mol. The highest BCUT2D eigenvalue weighted by Gasteiger charge is 2.32. The molecule has 2 aromatic heterocycles. The summed E-state index contributed by atoms with van der Waals surface area (Å²) in [5.41, 5.74) is 5.36. The molecule has 0 aliphatic carbocycles. The number of fused-ring (bicyclic) bond motifs is 2. The number of benzene rings is 3. The Hall–Kier alpha value is -3.30. The topological polar surface area (TPSA) is 86.5 Å². The maximum atomic E-state index is 12.6. The molecule has 41 heavy (non-hydrogen) atoms. The van der Waals surface area contributed by atoms with E-state index in [-0.39, 0.29) is 0 Å². The number of thiazole rings is 1. The van der Waals surface area contributed by atoms with Crippen molar-refractivity contribution in [1.29, 1.82) is 0 Å². The van der Waals surface area contributed by atoms with Gasteiger partial charge in [-0.05, 0) is 88.1 Å². The van der Waals surface area contributed by atoms with E-state index in [1.807, 2.05) is 64.2 Å². The molecule has 1 saturated heterocycles. The second-order valence-corrected chi connectivity index (χ2v) is 12.9. The quantitative estimate of drug-likeness (QED) is 0.215. The molecule has 1 aliphatic rings. The predicted molar refractivity (Wildman–Crippen MR) is 164 cm³/mol. The van der Waals surface area contributed by atoms with Gasteiger partial charge in [-0.25, -0.2) is 9.78 Å². The fourth-order valence-corrected chi connectivity index (χ4v) is 6.82. The third-order valence-electron chi connectivity index (χ3n) is 7.40. The lowest BCUT2D eigenvalue weighted by atomic mass is 9.91. The molecule has 0 amide bonds. The highest BCUT2D eigenvalue weighted by atomic mass is 35.5. The molecule has 6 rings (SSSR count). The molecule has 1 atom stereocenters. The Morgan fingerprint density at radius 1 is 1.12 bits per heavy atom. The minimum Gasteiger partial charge on any atom is -0.479 e. The molecule has 0 saturated carbocycles. The van der Waals surface area contributed by atoms with Crippen LogP contribution in [0.4, 0.5) is 0 Å². The van der Waals surface area contributed by atoms with Gasteiger partial charge < -0.3 is 14.6 Å². The molecule has 1 aliphatic heterocycles. The number of aryl methyl sites for hydroxylation is 1. The molecule has 3 aromatic carbocycles. The van der Waals surface area contributed by atoms with Crippen LogP contribution in [-0.2, 0) is 14.3 Å². The van der Waals surface area contributed by atoms with Crippen molar-refractivity contribution in [3.8, 4) is 21.7 Å². The van der Waals surface area contributed by atoms with Crippen molar-refractivity contribution in [2.45, 2.75) is 58.3 Å². The summed E-state index contributed by atoms with van der Waals surface area (Å²) in [7, 11) is 0. The Morgan fingerprint density at radius 2 is 1.83 bits per heavy atom. The van der Waals surface area contributed by atoms with Crippen molar-refractivity contribution < 1.29 is 19.4 Å². The SMILES string of the molecule is Cc1cc2nc(-c3ccc4c(cnn4C4CCOCC4)c3)sc2c(-c2ccc(Cl)cc2)c1C(OC(C)(C)C)C(=O)O. The van der Waals surface area contributed by atoms with Crippen LogP contribution in [0.25, 0.3) is 42.8 Å². The Kier molecular flexibility index (Phi) is 7.36. The van der Waals surface area contributed by atoms with Crippen LogP contribution in [0.1, 0.15) is 56.9 Å². The molecule has 0 bridgehead atoms. The number of hydrogen-bond acceptors (Lipinski definition) is 6. The van der Waals surface area contributed by atoms with Crippen molar-refractivity contribution in [3.05, 3.63) is 70.9 Å². The lowest BCUT2D eigenvalue weighted by molar-refractivity contribution is -0.160. The first-order valence-electron chi connectivity index (χ1n) is 13.7. The predicted octanol–water partition coefficient (Wildman–Crippen LogP) is 8.23. The van der Waals surface area contributed by atoms with Gasteiger partial charge in [0, 0.05) is 40.3 Å². The number of hydrogen-bond donors (Lipinski definition) is 1. The van der Waals surface area contributed by atoms with E-state index in [4.69, 9.17) is 31.2 Å². The van der Waals surface area contributed by atoms with Crippen molar-refractivity contribution in [3.63, 3.8) is 0 Å². The number of carboxylic acids is 1. The van der Waals surface area contributed by atoms with Gasteiger partial charge in [0.2, 0.25) is 0 Å². The van der Waals surface area contributed by atoms with Crippen molar-refractivity contribution in [1.82, 2.24) is 14.8 Å². The van der Waals surface area contributed by atoms with Gasteiger partial charge in [0.05, 0.1) is 33.6 Å². The van der Waals surface area contributed by atoms with Gasteiger partial charge in [0.15, 0.2) is 6.10 Å². The third-order valence-corrected chi connectivity index (χ3v) is 8.79. The van der Waals surface area contributed by atoms with Crippen LogP contribution < -0.4 is 0 Å². The van der Waals surface area contributed by atoms with Gasteiger partial charge in [-0.15, -0.1) is 11.3 Å². The zero-order chi connectivity index (χ0) is 28.9. The zero-order valence-electron chi connectivity index (χ0n) is 23.5. The second kappa shape index (κ2) is 10.8. The lowest BCUT2D eigenvalue weighted by Gasteiger charge is -2.28. The van der Waals surface area contributed by atoms with E-state index in [1.165, 1.54) is 0 Å². The summed E-state index contributed by atoms with van der Waals surface area (Å²) in [6.45, 7) is 9.04. The van der Waals surface area contributed by atoms with Gasteiger partial charge in [-0.1, -0.05) is 23.7 Å². The van der Waals surface area contributed by atoms with Gasteiger partial charge in [0.1, 0.15) is 5.01 Å². The Labute approximate surface area is 247 Å². The van der Waals surface area contributed by atoms with E-state index >= 15 is 0 Å². The maximum absolute atomic E-state index is 12.6. The lowest BCUT2D eigenvalue weighted by Crippen LogP contribution is -2.28. The monoisotopic (exact) mass is 589 g/mol. The Bertz CT molecular complexity index is 1750. The molecule has 5 aromatic rings. The van der Waals surface area contributed by atoms with Gasteiger partial charge in [-0.2, -0.15) is 5.10 Å². The molecule has 3 heterocycles. The molecule has 9 heteroatoms. The van der Waals surface area contributed by atoms with Crippen LogP contribution >= 0.6 is 22.9 Å². The maximum Gasteiger partial charge on any atom is 0.337 e. The van der Waals surface area contributed by atoms with Crippen LogP contribution in [0.3, 0.4) is 0 Å².